The minimum absolute atomic E-state index is 0. The molecule has 0 unspecified atom stereocenters. The van der Waals surface area contributed by atoms with Crippen molar-refractivity contribution in [3.63, 3.8) is 0 Å². The third-order valence-corrected chi connectivity index (χ3v) is 5.93. The Hall–Kier alpha value is -2.49. The van der Waals surface area contributed by atoms with Gasteiger partial charge in [0.2, 0.25) is 5.95 Å². The number of benzene rings is 2. The van der Waals surface area contributed by atoms with Gasteiger partial charge in [-0.3, -0.25) is 0 Å². The third-order valence-electron chi connectivity index (χ3n) is 5.93. The van der Waals surface area contributed by atoms with E-state index in [-0.39, 0.29) is 36.6 Å². The van der Waals surface area contributed by atoms with Crippen molar-refractivity contribution in [3.05, 3.63) is 54.1 Å². The van der Waals surface area contributed by atoms with Gasteiger partial charge in [-0.15, -0.1) is 38.0 Å². The summed E-state index contributed by atoms with van der Waals surface area (Å²) in [7, 11) is 1.85. The lowest BCUT2D eigenvalue weighted by molar-refractivity contribution is -0.274. The molecule has 192 valence electrons. The van der Waals surface area contributed by atoms with Crippen LogP contribution in [0.4, 0.5) is 24.9 Å². The summed E-state index contributed by atoms with van der Waals surface area (Å²) in [4.78, 5) is 9.25. The molecule has 1 heterocycles. The van der Waals surface area contributed by atoms with Crippen LogP contribution in [-0.4, -0.2) is 42.0 Å². The van der Waals surface area contributed by atoms with Crippen molar-refractivity contribution >= 4 is 47.5 Å². The summed E-state index contributed by atoms with van der Waals surface area (Å²) in [6, 6.07) is 14.8. The van der Waals surface area contributed by atoms with Crippen LogP contribution in [0.25, 0.3) is 10.9 Å². The summed E-state index contributed by atoms with van der Waals surface area (Å²) in [6.07, 6.45) is -0.317. The van der Waals surface area contributed by atoms with Crippen LogP contribution in [-0.2, 0) is 6.42 Å². The molecule has 0 radical (unpaired) electrons. The van der Waals surface area contributed by atoms with E-state index in [1.54, 1.807) is 18.2 Å². The van der Waals surface area contributed by atoms with E-state index in [0.29, 0.717) is 30.5 Å². The highest BCUT2D eigenvalue weighted by atomic mass is 35.5. The SMILES string of the molecule is CNc1nc(NC2CCC(NCCc3ccccc3OC(F)(F)F)CC2)nc2ccccc12.Cl.Cl. The van der Waals surface area contributed by atoms with Gasteiger partial charge in [-0.05, 0) is 62.4 Å². The topological polar surface area (TPSA) is 71.1 Å². The Morgan fingerprint density at radius 3 is 2.29 bits per heavy atom. The molecule has 1 aliphatic rings. The minimum Gasteiger partial charge on any atom is -0.406 e. The molecule has 3 aromatic rings. The molecule has 0 aliphatic heterocycles. The second-order valence-electron chi connectivity index (χ2n) is 8.22. The number of para-hydroxylation sites is 2. The molecule has 11 heteroatoms. The second kappa shape index (κ2) is 13.0. The van der Waals surface area contributed by atoms with E-state index in [2.05, 4.69) is 30.7 Å². The fourth-order valence-corrected chi connectivity index (χ4v) is 4.30. The number of aromatic nitrogens is 2. The Bertz CT molecular complexity index is 1080. The average molecular weight is 532 g/mol. The van der Waals surface area contributed by atoms with E-state index in [4.69, 9.17) is 0 Å². The number of alkyl halides is 3. The Morgan fingerprint density at radius 2 is 1.57 bits per heavy atom. The Labute approximate surface area is 215 Å². The molecule has 2 aromatic carbocycles. The molecule has 4 rings (SSSR count). The molecule has 0 atom stereocenters. The molecule has 3 N–H and O–H groups in total. The maximum Gasteiger partial charge on any atom is 0.573 e. The summed E-state index contributed by atoms with van der Waals surface area (Å²) in [6.45, 7) is 0.598. The van der Waals surface area contributed by atoms with Gasteiger partial charge in [-0.1, -0.05) is 30.3 Å². The number of nitrogens with zero attached hydrogens (tertiary/aromatic N) is 2. The van der Waals surface area contributed by atoms with Gasteiger partial charge < -0.3 is 20.7 Å². The number of ether oxygens (including phenoxy) is 1. The van der Waals surface area contributed by atoms with Crippen LogP contribution in [0.15, 0.2) is 48.5 Å². The quantitative estimate of drug-likeness (QED) is 0.332. The molecular formula is C24H30Cl2F3N5O. The van der Waals surface area contributed by atoms with Crippen molar-refractivity contribution in [3.8, 4) is 5.75 Å². The predicted molar refractivity (Wildman–Crippen MR) is 138 cm³/mol. The Kier molecular flexibility index (Phi) is 10.7. The van der Waals surface area contributed by atoms with Crippen molar-refractivity contribution in [1.29, 1.82) is 0 Å². The summed E-state index contributed by atoms with van der Waals surface area (Å²) >= 11 is 0. The molecule has 0 spiro atoms. The van der Waals surface area contributed by atoms with Gasteiger partial charge in [0, 0.05) is 24.5 Å². The van der Waals surface area contributed by atoms with Crippen LogP contribution >= 0.6 is 24.8 Å². The molecule has 6 nitrogen and oxygen atoms in total. The van der Waals surface area contributed by atoms with Crippen molar-refractivity contribution in [2.45, 2.75) is 50.6 Å². The molecule has 0 bridgehead atoms. The molecule has 0 saturated heterocycles. The number of nitrogens with one attached hydrogen (secondary N) is 3. The van der Waals surface area contributed by atoms with Gasteiger partial charge in [0.15, 0.2) is 0 Å². The lowest BCUT2D eigenvalue weighted by atomic mass is 9.91. The zero-order valence-corrected chi connectivity index (χ0v) is 20.9. The number of anilines is 2. The monoisotopic (exact) mass is 531 g/mol. The van der Waals surface area contributed by atoms with E-state index in [1.165, 1.54) is 6.07 Å². The Morgan fingerprint density at radius 1 is 0.914 bits per heavy atom. The van der Waals surface area contributed by atoms with Crippen LogP contribution in [0.2, 0.25) is 0 Å². The van der Waals surface area contributed by atoms with E-state index < -0.39 is 6.36 Å². The maximum atomic E-state index is 12.6. The number of hydrogen-bond donors (Lipinski definition) is 3. The number of rotatable bonds is 8. The van der Waals surface area contributed by atoms with E-state index >= 15 is 0 Å². The normalized spacial score (nSPS) is 17.7. The summed E-state index contributed by atoms with van der Waals surface area (Å²) in [5.74, 6) is 1.29. The van der Waals surface area contributed by atoms with E-state index in [0.717, 1.165) is 42.4 Å². The minimum atomic E-state index is -4.68. The molecule has 1 aromatic heterocycles. The highest BCUT2D eigenvalue weighted by Gasteiger charge is 2.32. The molecule has 1 saturated carbocycles. The molecular weight excluding hydrogens is 502 g/mol. The van der Waals surface area contributed by atoms with Crippen LogP contribution in [0.3, 0.4) is 0 Å². The van der Waals surface area contributed by atoms with Crippen LogP contribution < -0.4 is 20.7 Å². The van der Waals surface area contributed by atoms with E-state index in [9.17, 15) is 13.2 Å². The first-order valence-electron chi connectivity index (χ1n) is 11.2. The van der Waals surface area contributed by atoms with Crippen molar-refractivity contribution < 1.29 is 17.9 Å². The zero-order valence-electron chi connectivity index (χ0n) is 19.3. The second-order valence-corrected chi connectivity index (χ2v) is 8.22. The lowest BCUT2D eigenvalue weighted by Gasteiger charge is -2.30. The fraction of sp³-hybridized carbons (Fsp3) is 0.417. The molecule has 0 amide bonds. The first-order valence-corrected chi connectivity index (χ1v) is 11.2. The fourth-order valence-electron chi connectivity index (χ4n) is 4.30. The molecule has 35 heavy (non-hydrogen) atoms. The number of halogens is 5. The number of hydrogen-bond acceptors (Lipinski definition) is 6. The smallest absolute Gasteiger partial charge is 0.406 e. The first-order chi connectivity index (χ1) is 15.9. The van der Waals surface area contributed by atoms with Gasteiger partial charge >= 0.3 is 6.36 Å². The number of fused-ring (bicyclic) bond motifs is 1. The molecule has 1 fully saturated rings. The highest BCUT2D eigenvalue weighted by molar-refractivity contribution is 5.89. The van der Waals surface area contributed by atoms with Crippen molar-refractivity contribution in [2.24, 2.45) is 0 Å². The maximum absolute atomic E-state index is 12.6. The zero-order chi connectivity index (χ0) is 23.3. The third kappa shape index (κ3) is 8.02. The first kappa shape index (κ1) is 28.7. The van der Waals surface area contributed by atoms with Gasteiger partial charge in [-0.2, -0.15) is 4.98 Å². The van der Waals surface area contributed by atoms with Gasteiger partial charge in [-0.25, -0.2) is 4.98 Å². The van der Waals surface area contributed by atoms with E-state index in [1.807, 2.05) is 31.3 Å². The van der Waals surface area contributed by atoms with Gasteiger partial charge in [0.1, 0.15) is 11.6 Å². The van der Waals surface area contributed by atoms with Crippen molar-refractivity contribution in [2.75, 3.05) is 24.2 Å². The van der Waals surface area contributed by atoms with Crippen LogP contribution in [0, 0.1) is 0 Å². The summed E-state index contributed by atoms with van der Waals surface area (Å²) in [5.41, 5.74) is 1.44. The lowest BCUT2D eigenvalue weighted by Crippen LogP contribution is -2.38. The summed E-state index contributed by atoms with van der Waals surface area (Å²) in [5, 5.41) is 11.1. The average Bonchev–Trinajstić information content (AvgIpc) is 2.80. The highest BCUT2D eigenvalue weighted by Crippen LogP contribution is 2.27. The standard InChI is InChI=1S/C24H28F3N5O.2ClH/c1-28-22-19-7-3-4-8-20(19)31-23(32-22)30-18-12-10-17(11-13-18)29-15-14-16-6-2-5-9-21(16)33-24(25,26)27;;/h2-9,17-18,29H,10-15H2,1H3,(H2,28,30,31,32);2*1H. The predicted octanol–water partition coefficient (Wildman–Crippen LogP) is 5.97. The summed E-state index contributed by atoms with van der Waals surface area (Å²) < 4.78 is 41.9. The van der Waals surface area contributed by atoms with Crippen LogP contribution in [0.1, 0.15) is 31.2 Å². The van der Waals surface area contributed by atoms with Crippen molar-refractivity contribution in [1.82, 2.24) is 15.3 Å². The van der Waals surface area contributed by atoms with Crippen LogP contribution in [0.5, 0.6) is 5.75 Å². The molecule has 1 aliphatic carbocycles. The van der Waals surface area contributed by atoms with Gasteiger partial charge in [0.25, 0.3) is 0 Å². The largest absolute Gasteiger partial charge is 0.573 e. The Balaban J connectivity index is 0.00000216. The van der Waals surface area contributed by atoms with Gasteiger partial charge in [0.05, 0.1) is 5.52 Å².